The molecule has 0 radical (unpaired) electrons. The fourth-order valence-corrected chi connectivity index (χ4v) is 3.94. The summed E-state index contributed by atoms with van der Waals surface area (Å²) in [4.78, 5) is 24.7. The molecule has 0 saturated carbocycles. The number of nitrogens with zero attached hydrogens (tertiary/aromatic N) is 1. The van der Waals surface area contributed by atoms with Crippen molar-refractivity contribution in [2.24, 2.45) is 5.10 Å². The van der Waals surface area contributed by atoms with Crippen molar-refractivity contribution in [3.05, 3.63) is 51.2 Å². The summed E-state index contributed by atoms with van der Waals surface area (Å²) in [7, 11) is 0. The molecule has 6 nitrogen and oxygen atoms in total. The van der Waals surface area contributed by atoms with E-state index in [4.69, 9.17) is 9.84 Å². The molecule has 7 heteroatoms. The number of nitrogens with one attached hydrogen (secondary N) is 1. The van der Waals surface area contributed by atoms with Crippen molar-refractivity contribution in [2.75, 3.05) is 6.61 Å². The minimum atomic E-state index is -1.02. The van der Waals surface area contributed by atoms with Crippen molar-refractivity contribution in [3.63, 3.8) is 0 Å². The lowest BCUT2D eigenvalue weighted by molar-refractivity contribution is -0.139. The van der Waals surface area contributed by atoms with Gasteiger partial charge in [0.15, 0.2) is 6.61 Å². The first-order chi connectivity index (χ1) is 12.6. The molecule has 0 unspecified atom stereocenters. The number of hydrogen-bond donors (Lipinski definition) is 2. The zero-order chi connectivity index (χ0) is 18.4. The molecule has 0 saturated heterocycles. The van der Waals surface area contributed by atoms with E-state index in [-0.39, 0.29) is 12.5 Å². The summed E-state index contributed by atoms with van der Waals surface area (Å²) in [6.07, 6.45) is 7.30. The van der Waals surface area contributed by atoms with E-state index in [0.717, 1.165) is 18.4 Å². The summed E-state index contributed by atoms with van der Waals surface area (Å²) >= 11 is 1.56. The van der Waals surface area contributed by atoms with E-state index in [0.29, 0.717) is 10.6 Å². The highest BCUT2D eigenvalue weighted by atomic mass is 32.1. The van der Waals surface area contributed by atoms with Crippen LogP contribution in [0.15, 0.2) is 35.4 Å². The van der Waals surface area contributed by atoms with Crippen molar-refractivity contribution >= 4 is 29.4 Å². The number of rotatable bonds is 6. The number of fused-ring (bicyclic) bond motifs is 1. The molecular formula is C19H20N2O4S. The molecular weight excluding hydrogens is 352 g/mol. The van der Waals surface area contributed by atoms with Gasteiger partial charge in [0, 0.05) is 4.88 Å². The number of ether oxygens (including phenoxy) is 1. The van der Waals surface area contributed by atoms with E-state index >= 15 is 0 Å². The van der Waals surface area contributed by atoms with Crippen LogP contribution in [0, 0.1) is 0 Å². The monoisotopic (exact) mass is 372 g/mol. The molecule has 0 aliphatic heterocycles. The Morgan fingerprint density at radius 2 is 1.96 bits per heavy atom. The van der Waals surface area contributed by atoms with Crippen LogP contribution in [-0.4, -0.2) is 29.8 Å². The Kier molecular flexibility index (Phi) is 6.01. The predicted octanol–water partition coefficient (Wildman–Crippen LogP) is 3.24. The fourth-order valence-electron chi connectivity index (χ4n) is 2.80. The Hall–Kier alpha value is -2.67. The van der Waals surface area contributed by atoms with Crippen LogP contribution in [0.1, 0.15) is 44.9 Å². The Morgan fingerprint density at radius 3 is 2.73 bits per heavy atom. The topological polar surface area (TPSA) is 88.0 Å². The van der Waals surface area contributed by atoms with E-state index in [1.165, 1.54) is 35.9 Å². The van der Waals surface area contributed by atoms with Crippen molar-refractivity contribution in [1.82, 2.24) is 5.43 Å². The zero-order valence-corrected chi connectivity index (χ0v) is 15.1. The van der Waals surface area contributed by atoms with E-state index in [1.54, 1.807) is 35.6 Å². The minimum Gasteiger partial charge on any atom is -0.482 e. The first-order valence-electron chi connectivity index (χ1n) is 8.51. The molecule has 1 amide bonds. The Bertz CT molecular complexity index is 788. The number of hydrazone groups is 1. The average Bonchev–Trinajstić information content (AvgIpc) is 2.92. The van der Waals surface area contributed by atoms with Crippen molar-refractivity contribution < 1.29 is 19.4 Å². The van der Waals surface area contributed by atoms with Crippen molar-refractivity contribution in [3.8, 4) is 5.75 Å². The summed E-state index contributed by atoms with van der Waals surface area (Å²) < 4.78 is 5.06. The van der Waals surface area contributed by atoms with Gasteiger partial charge in [0.1, 0.15) is 5.75 Å². The van der Waals surface area contributed by atoms with Gasteiger partial charge in [-0.1, -0.05) is 6.42 Å². The number of carbonyl (C=O) groups excluding carboxylic acids is 1. The highest BCUT2D eigenvalue weighted by molar-refractivity contribution is 7.14. The largest absolute Gasteiger partial charge is 0.482 e. The lowest BCUT2D eigenvalue weighted by atomic mass is 10.1. The van der Waals surface area contributed by atoms with Gasteiger partial charge in [-0.2, -0.15) is 5.10 Å². The molecule has 0 bridgehead atoms. The highest BCUT2D eigenvalue weighted by Crippen LogP contribution is 2.28. The number of benzene rings is 1. The molecule has 0 fully saturated rings. The average molecular weight is 372 g/mol. The van der Waals surface area contributed by atoms with Crippen LogP contribution in [0.4, 0.5) is 0 Å². The normalized spacial score (nSPS) is 13.8. The Morgan fingerprint density at radius 1 is 1.19 bits per heavy atom. The number of thiophene rings is 1. The molecule has 1 aromatic carbocycles. The number of carbonyl (C=O) groups is 2. The van der Waals surface area contributed by atoms with Gasteiger partial charge in [-0.05, 0) is 67.1 Å². The van der Waals surface area contributed by atoms with Crippen molar-refractivity contribution in [2.45, 2.75) is 32.1 Å². The molecule has 1 aliphatic rings. The maximum absolute atomic E-state index is 12.3. The van der Waals surface area contributed by atoms with Crippen LogP contribution >= 0.6 is 11.3 Å². The number of carboxylic acid groups (broad SMARTS) is 1. The Labute approximate surface area is 155 Å². The van der Waals surface area contributed by atoms with Gasteiger partial charge in [-0.15, -0.1) is 11.3 Å². The summed E-state index contributed by atoms with van der Waals surface area (Å²) in [6, 6.07) is 8.77. The highest BCUT2D eigenvalue weighted by Gasteiger charge is 2.16. The second-order valence-corrected chi connectivity index (χ2v) is 7.21. The van der Waals surface area contributed by atoms with Gasteiger partial charge in [-0.25, -0.2) is 10.2 Å². The smallest absolute Gasteiger partial charge is 0.341 e. The third-order valence-electron chi connectivity index (χ3n) is 4.09. The molecule has 136 valence electrons. The van der Waals surface area contributed by atoms with E-state index in [2.05, 4.69) is 10.5 Å². The zero-order valence-electron chi connectivity index (χ0n) is 14.2. The van der Waals surface area contributed by atoms with Crippen LogP contribution in [0.2, 0.25) is 0 Å². The van der Waals surface area contributed by atoms with Gasteiger partial charge >= 0.3 is 5.97 Å². The van der Waals surface area contributed by atoms with E-state index < -0.39 is 5.97 Å². The standard InChI is InChI=1S/C19H20N2O4S/c22-18(23)12-25-15-8-6-13(7-9-15)11-20-21-19(24)17-10-14-4-2-1-3-5-16(14)26-17/h6-11H,1-5,12H2,(H,21,24)(H,22,23)/b20-11-. The van der Waals surface area contributed by atoms with Crippen molar-refractivity contribution in [1.29, 1.82) is 0 Å². The third-order valence-corrected chi connectivity index (χ3v) is 5.33. The quantitative estimate of drug-likeness (QED) is 0.463. The number of carboxylic acids is 1. The van der Waals surface area contributed by atoms with Gasteiger partial charge in [-0.3, -0.25) is 4.79 Å². The Balaban J connectivity index is 1.54. The predicted molar refractivity (Wildman–Crippen MR) is 100 cm³/mol. The number of amides is 1. The molecule has 0 spiro atoms. The molecule has 1 aromatic heterocycles. The molecule has 1 heterocycles. The first kappa shape index (κ1) is 18.1. The molecule has 2 aromatic rings. The van der Waals surface area contributed by atoms with Crippen LogP contribution in [0.3, 0.4) is 0 Å². The summed E-state index contributed by atoms with van der Waals surface area (Å²) in [5.74, 6) is -0.751. The second-order valence-electron chi connectivity index (χ2n) is 6.07. The van der Waals surface area contributed by atoms with Gasteiger partial charge in [0.2, 0.25) is 0 Å². The maximum Gasteiger partial charge on any atom is 0.341 e. The summed E-state index contributed by atoms with van der Waals surface area (Å²) in [5, 5.41) is 12.6. The van der Waals surface area contributed by atoms with Gasteiger partial charge < -0.3 is 9.84 Å². The van der Waals surface area contributed by atoms with Gasteiger partial charge in [0.25, 0.3) is 5.91 Å². The minimum absolute atomic E-state index is 0.194. The molecule has 1 aliphatic carbocycles. The molecule has 0 atom stereocenters. The fraction of sp³-hybridized carbons (Fsp3) is 0.316. The third kappa shape index (κ3) is 4.92. The summed E-state index contributed by atoms with van der Waals surface area (Å²) in [5.41, 5.74) is 4.64. The molecule has 26 heavy (non-hydrogen) atoms. The van der Waals surface area contributed by atoms with E-state index in [9.17, 15) is 9.59 Å². The molecule has 3 rings (SSSR count). The second kappa shape index (κ2) is 8.62. The lowest BCUT2D eigenvalue weighted by Gasteiger charge is -2.02. The number of aliphatic carboxylic acids is 1. The first-order valence-corrected chi connectivity index (χ1v) is 9.33. The lowest BCUT2D eigenvalue weighted by Crippen LogP contribution is -2.16. The van der Waals surface area contributed by atoms with Gasteiger partial charge in [0.05, 0.1) is 11.1 Å². The van der Waals surface area contributed by atoms with Crippen LogP contribution in [0.5, 0.6) is 5.75 Å². The summed E-state index contributed by atoms with van der Waals surface area (Å²) in [6.45, 7) is -0.381. The van der Waals surface area contributed by atoms with Crippen LogP contribution in [0.25, 0.3) is 0 Å². The van der Waals surface area contributed by atoms with Crippen LogP contribution in [-0.2, 0) is 17.6 Å². The molecule has 2 N–H and O–H groups in total. The van der Waals surface area contributed by atoms with Crippen LogP contribution < -0.4 is 10.2 Å². The number of hydrogen-bond acceptors (Lipinski definition) is 5. The number of aryl methyl sites for hydroxylation is 2. The maximum atomic E-state index is 12.3. The SMILES string of the molecule is O=C(O)COc1ccc(/C=N\NC(=O)c2cc3c(s2)CCCCC3)cc1. The van der Waals surface area contributed by atoms with E-state index in [1.807, 2.05) is 6.07 Å².